The fourth-order valence-corrected chi connectivity index (χ4v) is 5.79. The number of hydrogen-bond donors (Lipinski definition) is 1. The number of para-hydroxylation sites is 1. The molecule has 6 rings (SSSR count). The molecule has 0 saturated heterocycles. The van der Waals surface area contributed by atoms with Crippen molar-refractivity contribution in [3.63, 3.8) is 0 Å². The molecule has 0 unspecified atom stereocenters. The molecule has 0 amide bonds. The number of aromatic amines is 1. The maximum atomic E-state index is 11.8. The van der Waals surface area contributed by atoms with Gasteiger partial charge < -0.3 is 0 Å². The lowest BCUT2D eigenvalue weighted by molar-refractivity contribution is 0.385. The van der Waals surface area contributed by atoms with Crippen molar-refractivity contribution in [1.82, 2.24) is 19.7 Å². The number of rotatable bonds is 4. The monoisotopic (exact) mass is 490 g/mol. The number of fused-ring (bicyclic) bond motifs is 3. The Bertz CT molecular complexity index is 1750. The van der Waals surface area contributed by atoms with Crippen molar-refractivity contribution in [2.24, 2.45) is 0 Å². The maximum absolute atomic E-state index is 11.8. The summed E-state index contributed by atoms with van der Waals surface area (Å²) in [6.45, 7) is 8.56. The molecule has 0 atom stereocenters. The van der Waals surface area contributed by atoms with Crippen LogP contribution in [0.2, 0.25) is 0 Å². The van der Waals surface area contributed by atoms with Gasteiger partial charge in [-0.3, -0.25) is 14.1 Å². The lowest BCUT2D eigenvalue weighted by Gasteiger charge is -2.20. The van der Waals surface area contributed by atoms with E-state index in [1.54, 1.807) is 0 Å². The van der Waals surface area contributed by atoms with E-state index in [-0.39, 0.29) is 0 Å². The zero-order valence-corrected chi connectivity index (χ0v) is 21.7. The first kappa shape index (κ1) is 23.2. The highest BCUT2D eigenvalue weighted by Gasteiger charge is 2.25. The molecule has 5 aromatic rings. The van der Waals surface area contributed by atoms with Crippen LogP contribution in [0.5, 0.6) is 0 Å². The quantitative estimate of drug-likeness (QED) is 0.319. The molecule has 2 heterocycles. The Morgan fingerprint density at radius 1 is 1.03 bits per heavy atom. The smallest absolute Gasteiger partial charge is 0.296 e. The summed E-state index contributed by atoms with van der Waals surface area (Å²) in [6, 6.07) is 19.4. The van der Waals surface area contributed by atoms with Crippen LogP contribution in [0.1, 0.15) is 65.3 Å². The molecule has 2 aromatic heterocycles. The number of H-pyrrole nitrogens is 1. The van der Waals surface area contributed by atoms with Gasteiger partial charge in [0, 0.05) is 12.0 Å². The second-order valence-corrected chi connectivity index (χ2v) is 9.89. The number of nitrogens with zero attached hydrogens (tertiary/aromatic N) is 3. The van der Waals surface area contributed by atoms with E-state index in [0.717, 1.165) is 53.7 Å². The first-order valence-electron chi connectivity index (χ1n) is 12.9. The normalized spacial score (nSPS) is 14.4. The molecule has 0 radical (unpaired) electrons. The molecule has 0 fully saturated rings. The highest BCUT2D eigenvalue weighted by molar-refractivity contribution is 5.99. The Balaban J connectivity index is 1.63. The molecule has 1 N–H and O–H groups in total. The number of aryl methyl sites for hydroxylation is 3. The zero-order chi connectivity index (χ0) is 25.7. The van der Waals surface area contributed by atoms with Crippen molar-refractivity contribution in [1.29, 1.82) is 0 Å². The minimum absolute atomic E-state index is 0.464. The summed E-state index contributed by atoms with van der Waals surface area (Å²) in [4.78, 5) is 19.6. The second-order valence-electron chi connectivity index (χ2n) is 9.89. The largest absolute Gasteiger partial charge is 0.439 e. The van der Waals surface area contributed by atoms with E-state index in [1.807, 2.05) is 6.92 Å². The fourth-order valence-electron chi connectivity index (χ4n) is 5.79. The molecule has 0 spiro atoms. The van der Waals surface area contributed by atoms with Crippen LogP contribution in [-0.2, 0) is 19.3 Å². The van der Waals surface area contributed by atoms with Gasteiger partial charge in [0.05, 0.1) is 16.7 Å². The van der Waals surface area contributed by atoms with Crippen molar-refractivity contribution in [2.75, 3.05) is 0 Å². The summed E-state index contributed by atoms with van der Waals surface area (Å²) in [6.07, 6.45) is 3.81. The van der Waals surface area contributed by atoms with E-state index in [4.69, 9.17) is 9.51 Å². The summed E-state index contributed by atoms with van der Waals surface area (Å²) >= 11 is 0. The fraction of sp³-hybridized carbons (Fsp3) is 0.258. The summed E-state index contributed by atoms with van der Waals surface area (Å²) in [5, 5.41) is 4.01. The van der Waals surface area contributed by atoms with Crippen molar-refractivity contribution >= 4 is 22.2 Å². The number of imidazole rings is 1. The van der Waals surface area contributed by atoms with E-state index in [0.29, 0.717) is 5.82 Å². The van der Waals surface area contributed by atoms with E-state index in [2.05, 4.69) is 90.1 Å². The summed E-state index contributed by atoms with van der Waals surface area (Å²) < 4.78 is 7.21. The van der Waals surface area contributed by atoms with Gasteiger partial charge in [0.25, 0.3) is 0 Å². The van der Waals surface area contributed by atoms with Crippen LogP contribution in [0.4, 0.5) is 0 Å². The third-order valence-electron chi connectivity index (χ3n) is 7.61. The van der Waals surface area contributed by atoms with E-state index >= 15 is 0 Å². The topological polar surface area (TPSA) is 76.7 Å². The van der Waals surface area contributed by atoms with Crippen molar-refractivity contribution in [3.8, 4) is 5.69 Å². The van der Waals surface area contributed by atoms with Gasteiger partial charge in [-0.25, -0.2) is 9.78 Å². The SMILES string of the molecule is CCCc1nc2c(C)cccc2n1-c1ccc2c(c1C)CCc1ccccc1/C2=C(\C)c1noc(=O)[nH]1. The number of aromatic nitrogens is 4. The zero-order valence-electron chi connectivity index (χ0n) is 21.7. The van der Waals surface area contributed by atoms with Crippen molar-refractivity contribution in [3.05, 3.63) is 110 Å². The average molecular weight is 491 g/mol. The molecule has 6 nitrogen and oxygen atoms in total. The molecule has 0 bridgehead atoms. The number of hydrogen-bond acceptors (Lipinski definition) is 4. The van der Waals surface area contributed by atoms with Crippen LogP contribution < -0.4 is 5.76 Å². The minimum Gasteiger partial charge on any atom is -0.296 e. The van der Waals surface area contributed by atoms with Gasteiger partial charge in [-0.1, -0.05) is 54.5 Å². The molecule has 0 saturated carbocycles. The molecule has 3 aromatic carbocycles. The number of allylic oxidation sites excluding steroid dienone is 1. The van der Waals surface area contributed by atoms with Crippen LogP contribution in [0.3, 0.4) is 0 Å². The summed E-state index contributed by atoms with van der Waals surface area (Å²) in [5.74, 6) is 1.01. The second kappa shape index (κ2) is 9.04. The van der Waals surface area contributed by atoms with Crippen molar-refractivity contribution < 1.29 is 4.52 Å². The van der Waals surface area contributed by atoms with Gasteiger partial charge in [0.2, 0.25) is 0 Å². The average Bonchev–Trinajstić information content (AvgIpc) is 3.44. The third kappa shape index (κ3) is 3.75. The molecular weight excluding hydrogens is 460 g/mol. The Hall–Kier alpha value is -4.19. The van der Waals surface area contributed by atoms with E-state index in [9.17, 15) is 4.79 Å². The summed E-state index contributed by atoms with van der Waals surface area (Å²) in [7, 11) is 0. The molecule has 1 aliphatic rings. The number of benzene rings is 3. The van der Waals surface area contributed by atoms with Crippen LogP contribution in [0, 0.1) is 13.8 Å². The Morgan fingerprint density at radius 3 is 2.65 bits per heavy atom. The minimum atomic E-state index is -0.547. The van der Waals surface area contributed by atoms with E-state index < -0.39 is 5.76 Å². The molecule has 6 heteroatoms. The first-order valence-corrected chi connectivity index (χ1v) is 12.9. The predicted octanol–water partition coefficient (Wildman–Crippen LogP) is 6.35. The van der Waals surface area contributed by atoms with Crippen LogP contribution in [0.25, 0.3) is 27.9 Å². The van der Waals surface area contributed by atoms with Gasteiger partial charge in [-0.05, 0) is 91.1 Å². The van der Waals surface area contributed by atoms with Crippen LogP contribution in [-0.4, -0.2) is 19.7 Å². The standard InChI is InChI=1S/C31H30N4O2/c1-5-9-27-32-29-18(2)10-8-13-26(29)35(27)25-17-16-24-22(19(25)3)15-14-21-11-6-7-12-23(21)28(24)20(4)30-33-31(36)37-34-30/h6-8,10-13,16-17H,5,9,14-15H2,1-4H3,(H,33,34,36)/b28-20-. The number of nitrogens with one attached hydrogen (secondary N) is 1. The van der Waals surface area contributed by atoms with Gasteiger partial charge in [0.15, 0.2) is 5.82 Å². The Kier molecular flexibility index (Phi) is 5.67. The molecule has 37 heavy (non-hydrogen) atoms. The highest BCUT2D eigenvalue weighted by Crippen LogP contribution is 2.40. The first-order chi connectivity index (χ1) is 18.0. The van der Waals surface area contributed by atoms with Crippen LogP contribution in [0.15, 0.2) is 63.9 Å². The molecule has 1 aliphatic carbocycles. The lowest BCUT2D eigenvalue weighted by atomic mass is 9.88. The lowest BCUT2D eigenvalue weighted by Crippen LogP contribution is -2.07. The summed E-state index contributed by atoms with van der Waals surface area (Å²) in [5.41, 5.74) is 12.8. The van der Waals surface area contributed by atoms with Gasteiger partial charge in [-0.2, -0.15) is 0 Å². The molecule has 186 valence electrons. The predicted molar refractivity (Wildman–Crippen MR) is 147 cm³/mol. The van der Waals surface area contributed by atoms with Gasteiger partial charge in [-0.15, -0.1) is 0 Å². The Labute approximate surface area is 215 Å². The van der Waals surface area contributed by atoms with Gasteiger partial charge >= 0.3 is 5.76 Å². The maximum Gasteiger partial charge on any atom is 0.439 e. The van der Waals surface area contributed by atoms with Crippen molar-refractivity contribution in [2.45, 2.75) is 53.4 Å². The Morgan fingerprint density at radius 2 is 1.86 bits per heavy atom. The highest BCUT2D eigenvalue weighted by atomic mass is 16.5. The molecular formula is C31H30N4O2. The van der Waals surface area contributed by atoms with Crippen LogP contribution >= 0.6 is 0 Å². The van der Waals surface area contributed by atoms with Gasteiger partial charge in [0.1, 0.15) is 5.82 Å². The molecule has 0 aliphatic heterocycles. The van der Waals surface area contributed by atoms with E-state index in [1.165, 1.54) is 39.1 Å². The third-order valence-corrected chi connectivity index (χ3v) is 7.61.